The Kier molecular flexibility index (Phi) is 3.19. The topological polar surface area (TPSA) is 75.9 Å². The standard InChI is InChI=1S/C10H10ClN5/c11-7-1-3-8(4-2-7)14-9-5-6-13-10(15-9)16-12/h1-6H,12H2,(H2,13,14,15,16). The Labute approximate surface area is 97.6 Å². The van der Waals surface area contributed by atoms with Gasteiger partial charge in [-0.05, 0) is 30.3 Å². The molecular formula is C10H10ClN5. The van der Waals surface area contributed by atoms with Crippen molar-refractivity contribution in [1.82, 2.24) is 9.97 Å². The van der Waals surface area contributed by atoms with Crippen molar-refractivity contribution in [2.45, 2.75) is 0 Å². The number of aromatic nitrogens is 2. The van der Waals surface area contributed by atoms with Crippen molar-refractivity contribution >= 4 is 29.1 Å². The maximum atomic E-state index is 5.78. The Morgan fingerprint density at radius 1 is 1.12 bits per heavy atom. The van der Waals surface area contributed by atoms with Crippen LogP contribution in [0, 0.1) is 0 Å². The number of halogens is 1. The van der Waals surface area contributed by atoms with Crippen LogP contribution in [-0.2, 0) is 0 Å². The molecule has 0 fully saturated rings. The molecule has 0 aliphatic carbocycles. The minimum atomic E-state index is 0.360. The Morgan fingerprint density at radius 2 is 1.88 bits per heavy atom. The molecule has 4 N–H and O–H groups in total. The highest BCUT2D eigenvalue weighted by Gasteiger charge is 1.98. The van der Waals surface area contributed by atoms with E-state index in [9.17, 15) is 0 Å². The molecule has 0 aliphatic rings. The van der Waals surface area contributed by atoms with Crippen molar-refractivity contribution in [2.24, 2.45) is 5.84 Å². The number of hydrogen-bond donors (Lipinski definition) is 3. The molecule has 0 atom stereocenters. The molecule has 0 radical (unpaired) electrons. The summed E-state index contributed by atoms with van der Waals surface area (Å²) >= 11 is 5.78. The maximum Gasteiger partial charge on any atom is 0.239 e. The molecule has 0 aliphatic heterocycles. The summed E-state index contributed by atoms with van der Waals surface area (Å²) in [5.74, 6) is 6.23. The molecule has 0 bridgehead atoms. The summed E-state index contributed by atoms with van der Waals surface area (Å²) in [7, 11) is 0. The monoisotopic (exact) mass is 235 g/mol. The molecule has 0 unspecified atom stereocenters. The van der Waals surface area contributed by atoms with Crippen LogP contribution in [0.3, 0.4) is 0 Å². The summed E-state index contributed by atoms with van der Waals surface area (Å²) in [5.41, 5.74) is 3.27. The van der Waals surface area contributed by atoms with Gasteiger partial charge in [-0.15, -0.1) is 0 Å². The van der Waals surface area contributed by atoms with Crippen LogP contribution in [0.4, 0.5) is 17.5 Å². The number of benzene rings is 1. The molecule has 1 aromatic carbocycles. The van der Waals surface area contributed by atoms with Gasteiger partial charge < -0.3 is 5.32 Å². The third-order valence-electron chi connectivity index (χ3n) is 1.90. The van der Waals surface area contributed by atoms with E-state index in [4.69, 9.17) is 17.4 Å². The van der Waals surface area contributed by atoms with Crippen LogP contribution in [0.25, 0.3) is 0 Å². The molecule has 0 saturated carbocycles. The van der Waals surface area contributed by atoms with Crippen LogP contribution in [-0.4, -0.2) is 9.97 Å². The predicted octanol–water partition coefficient (Wildman–Crippen LogP) is 2.16. The van der Waals surface area contributed by atoms with Gasteiger partial charge in [-0.25, -0.2) is 10.8 Å². The van der Waals surface area contributed by atoms with E-state index in [1.165, 1.54) is 0 Å². The number of rotatable bonds is 3. The third-order valence-corrected chi connectivity index (χ3v) is 2.15. The Bertz CT molecular complexity index is 471. The molecular weight excluding hydrogens is 226 g/mol. The van der Waals surface area contributed by atoms with Gasteiger partial charge in [0.05, 0.1) is 0 Å². The number of hydrazine groups is 1. The van der Waals surface area contributed by atoms with Gasteiger partial charge >= 0.3 is 0 Å². The second kappa shape index (κ2) is 4.78. The van der Waals surface area contributed by atoms with Crippen molar-refractivity contribution in [3.8, 4) is 0 Å². The van der Waals surface area contributed by atoms with E-state index >= 15 is 0 Å². The minimum absolute atomic E-state index is 0.360. The van der Waals surface area contributed by atoms with E-state index in [2.05, 4.69) is 20.7 Å². The average Bonchev–Trinajstić information content (AvgIpc) is 2.32. The van der Waals surface area contributed by atoms with Gasteiger partial charge in [0, 0.05) is 16.9 Å². The Hall–Kier alpha value is -1.85. The lowest BCUT2D eigenvalue weighted by Crippen LogP contribution is -2.10. The molecule has 6 heteroatoms. The quantitative estimate of drug-likeness (QED) is 0.562. The molecule has 0 amide bonds. The summed E-state index contributed by atoms with van der Waals surface area (Å²) in [6.07, 6.45) is 1.61. The molecule has 2 aromatic rings. The number of nitrogens with two attached hydrogens (primary N) is 1. The summed E-state index contributed by atoms with van der Waals surface area (Å²) in [6.45, 7) is 0. The van der Waals surface area contributed by atoms with Gasteiger partial charge in [0.2, 0.25) is 5.95 Å². The van der Waals surface area contributed by atoms with E-state index < -0.39 is 0 Å². The van der Waals surface area contributed by atoms with Crippen LogP contribution in [0.2, 0.25) is 5.02 Å². The SMILES string of the molecule is NNc1nccc(Nc2ccc(Cl)cc2)n1. The maximum absolute atomic E-state index is 5.78. The van der Waals surface area contributed by atoms with E-state index in [-0.39, 0.29) is 0 Å². The molecule has 5 nitrogen and oxygen atoms in total. The first-order valence-electron chi connectivity index (χ1n) is 4.60. The molecule has 82 valence electrons. The number of nitrogen functional groups attached to an aromatic ring is 1. The molecule has 16 heavy (non-hydrogen) atoms. The van der Waals surface area contributed by atoms with Gasteiger partial charge in [-0.3, -0.25) is 5.43 Å². The number of nitrogens with one attached hydrogen (secondary N) is 2. The number of hydrogen-bond acceptors (Lipinski definition) is 5. The Balaban J connectivity index is 2.16. The molecule has 0 spiro atoms. The minimum Gasteiger partial charge on any atom is -0.340 e. The second-order valence-electron chi connectivity index (χ2n) is 3.04. The highest BCUT2D eigenvalue weighted by atomic mass is 35.5. The fourth-order valence-electron chi connectivity index (χ4n) is 1.18. The summed E-state index contributed by atoms with van der Waals surface area (Å²) in [6, 6.07) is 9.07. The fourth-order valence-corrected chi connectivity index (χ4v) is 1.30. The lowest BCUT2D eigenvalue weighted by molar-refractivity contribution is 1.12. The number of anilines is 3. The first-order chi connectivity index (χ1) is 7.78. The summed E-state index contributed by atoms with van der Waals surface area (Å²) in [5, 5.41) is 3.79. The summed E-state index contributed by atoms with van der Waals surface area (Å²) in [4.78, 5) is 8.02. The Morgan fingerprint density at radius 3 is 2.56 bits per heavy atom. The van der Waals surface area contributed by atoms with E-state index in [0.717, 1.165) is 5.69 Å². The van der Waals surface area contributed by atoms with Crippen molar-refractivity contribution < 1.29 is 0 Å². The van der Waals surface area contributed by atoms with Gasteiger partial charge in [0.1, 0.15) is 5.82 Å². The lowest BCUT2D eigenvalue weighted by atomic mass is 10.3. The van der Waals surface area contributed by atoms with Gasteiger partial charge in [-0.1, -0.05) is 11.6 Å². The van der Waals surface area contributed by atoms with Crippen LogP contribution < -0.4 is 16.6 Å². The first-order valence-corrected chi connectivity index (χ1v) is 4.98. The largest absolute Gasteiger partial charge is 0.340 e. The van der Waals surface area contributed by atoms with E-state index in [1.54, 1.807) is 24.4 Å². The zero-order valence-corrected chi connectivity index (χ0v) is 9.07. The van der Waals surface area contributed by atoms with Crippen molar-refractivity contribution in [3.63, 3.8) is 0 Å². The van der Waals surface area contributed by atoms with Crippen LogP contribution in [0.1, 0.15) is 0 Å². The summed E-state index contributed by atoms with van der Waals surface area (Å²) < 4.78 is 0. The van der Waals surface area contributed by atoms with Crippen LogP contribution in [0.5, 0.6) is 0 Å². The number of nitrogens with zero attached hydrogens (tertiary/aromatic N) is 2. The van der Waals surface area contributed by atoms with Crippen molar-refractivity contribution in [1.29, 1.82) is 0 Å². The van der Waals surface area contributed by atoms with Gasteiger partial charge in [0.25, 0.3) is 0 Å². The normalized spacial score (nSPS) is 9.88. The van der Waals surface area contributed by atoms with Gasteiger partial charge in [0.15, 0.2) is 0 Å². The zero-order valence-electron chi connectivity index (χ0n) is 8.31. The average molecular weight is 236 g/mol. The lowest BCUT2D eigenvalue weighted by Gasteiger charge is -2.06. The van der Waals surface area contributed by atoms with Crippen molar-refractivity contribution in [3.05, 3.63) is 41.6 Å². The highest BCUT2D eigenvalue weighted by Crippen LogP contribution is 2.17. The fraction of sp³-hybridized carbons (Fsp3) is 0. The molecule has 2 rings (SSSR count). The zero-order chi connectivity index (χ0) is 11.4. The van der Waals surface area contributed by atoms with Gasteiger partial charge in [-0.2, -0.15) is 4.98 Å². The van der Waals surface area contributed by atoms with Crippen LogP contribution in [0.15, 0.2) is 36.5 Å². The highest BCUT2D eigenvalue weighted by molar-refractivity contribution is 6.30. The molecule has 0 saturated heterocycles. The third kappa shape index (κ3) is 2.59. The molecule has 1 aromatic heterocycles. The van der Waals surface area contributed by atoms with E-state index in [1.807, 2.05) is 12.1 Å². The second-order valence-corrected chi connectivity index (χ2v) is 3.48. The predicted molar refractivity (Wildman–Crippen MR) is 64.6 cm³/mol. The molecule has 1 heterocycles. The smallest absolute Gasteiger partial charge is 0.239 e. The van der Waals surface area contributed by atoms with Crippen LogP contribution >= 0.6 is 11.6 Å². The first kappa shape index (κ1) is 10.7. The van der Waals surface area contributed by atoms with E-state index in [0.29, 0.717) is 16.8 Å². The van der Waals surface area contributed by atoms with Crippen molar-refractivity contribution in [2.75, 3.05) is 10.7 Å².